The first-order valence-corrected chi connectivity index (χ1v) is 7.86. The van der Waals surface area contributed by atoms with Crippen LogP contribution in [0.3, 0.4) is 0 Å². The van der Waals surface area contributed by atoms with Crippen molar-refractivity contribution in [3.05, 3.63) is 0 Å². The van der Waals surface area contributed by atoms with Gasteiger partial charge in [-0.1, -0.05) is 33.6 Å². The molecule has 0 spiro atoms. The van der Waals surface area contributed by atoms with Crippen molar-refractivity contribution in [2.24, 2.45) is 23.7 Å². The molecule has 1 saturated heterocycles. The average molecular weight is 251 g/mol. The summed E-state index contributed by atoms with van der Waals surface area (Å²) >= 11 is 0. The van der Waals surface area contributed by atoms with Crippen LogP contribution in [0.1, 0.15) is 59.3 Å². The highest BCUT2D eigenvalue weighted by Gasteiger charge is 2.31. The Morgan fingerprint density at radius 3 is 2.33 bits per heavy atom. The van der Waals surface area contributed by atoms with Gasteiger partial charge in [-0.2, -0.15) is 0 Å². The van der Waals surface area contributed by atoms with Gasteiger partial charge in [0.15, 0.2) is 0 Å². The highest BCUT2D eigenvalue weighted by molar-refractivity contribution is 5.79. The first-order valence-electron chi connectivity index (χ1n) is 7.86. The van der Waals surface area contributed by atoms with E-state index < -0.39 is 0 Å². The van der Waals surface area contributed by atoms with E-state index in [1.54, 1.807) is 0 Å². The van der Waals surface area contributed by atoms with E-state index in [1.165, 1.54) is 25.7 Å². The number of rotatable bonds is 2. The van der Waals surface area contributed by atoms with Gasteiger partial charge in [-0.25, -0.2) is 0 Å². The Balaban J connectivity index is 1.83. The highest BCUT2D eigenvalue weighted by Crippen LogP contribution is 2.32. The van der Waals surface area contributed by atoms with Gasteiger partial charge in [-0.15, -0.1) is 0 Å². The van der Waals surface area contributed by atoms with Gasteiger partial charge in [0.1, 0.15) is 0 Å². The van der Waals surface area contributed by atoms with E-state index in [0.717, 1.165) is 43.7 Å². The Morgan fingerprint density at radius 2 is 1.78 bits per heavy atom. The van der Waals surface area contributed by atoms with Crippen molar-refractivity contribution in [1.82, 2.24) is 4.90 Å². The number of hydrogen-bond donors (Lipinski definition) is 0. The van der Waals surface area contributed by atoms with E-state index in [2.05, 4.69) is 25.7 Å². The second-order valence-corrected chi connectivity index (χ2v) is 6.88. The van der Waals surface area contributed by atoms with Crippen LogP contribution >= 0.6 is 0 Å². The van der Waals surface area contributed by atoms with Crippen LogP contribution in [0, 0.1) is 23.7 Å². The fraction of sp³-hybridized carbons (Fsp3) is 0.938. The van der Waals surface area contributed by atoms with Gasteiger partial charge < -0.3 is 4.90 Å². The third-order valence-electron chi connectivity index (χ3n) is 5.08. The lowest BCUT2D eigenvalue weighted by atomic mass is 9.81. The first kappa shape index (κ1) is 13.9. The Bertz CT molecular complexity index is 279. The van der Waals surface area contributed by atoms with Crippen molar-refractivity contribution >= 4 is 5.91 Å². The SMILES string of the molecule is CC1CCCC(C(=O)N2CCC(C(C)C)CC2)C1. The lowest BCUT2D eigenvalue weighted by molar-refractivity contribution is -0.138. The minimum absolute atomic E-state index is 0.337. The zero-order valence-corrected chi connectivity index (χ0v) is 12.3. The van der Waals surface area contributed by atoms with Gasteiger partial charge in [-0.05, 0) is 43.4 Å². The van der Waals surface area contributed by atoms with Gasteiger partial charge in [0, 0.05) is 19.0 Å². The van der Waals surface area contributed by atoms with Crippen LogP contribution in [0.4, 0.5) is 0 Å². The summed E-state index contributed by atoms with van der Waals surface area (Å²) in [6.45, 7) is 8.93. The molecule has 2 aliphatic rings. The smallest absolute Gasteiger partial charge is 0.225 e. The summed E-state index contributed by atoms with van der Waals surface area (Å²) in [7, 11) is 0. The minimum atomic E-state index is 0.337. The average Bonchev–Trinajstić information content (AvgIpc) is 2.38. The number of hydrogen-bond acceptors (Lipinski definition) is 1. The van der Waals surface area contributed by atoms with Crippen LogP contribution in [-0.2, 0) is 4.79 Å². The van der Waals surface area contributed by atoms with E-state index >= 15 is 0 Å². The maximum atomic E-state index is 12.5. The summed E-state index contributed by atoms with van der Waals surface area (Å²) in [6.07, 6.45) is 7.26. The number of likely N-dealkylation sites (tertiary alicyclic amines) is 1. The Hall–Kier alpha value is -0.530. The zero-order valence-electron chi connectivity index (χ0n) is 12.3. The molecule has 0 aromatic rings. The van der Waals surface area contributed by atoms with Gasteiger partial charge in [0.2, 0.25) is 5.91 Å². The summed E-state index contributed by atoms with van der Waals surface area (Å²) in [5.41, 5.74) is 0. The first-order chi connectivity index (χ1) is 8.58. The predicted octanol–water partition coefficient (Wildman–Crippen LogP) is 3.71. The predicted molar refractivity (Wildman–Crippen MR) is 75.3 cm³/mol. The number of piperidine rings is 1. The monoisotopic (exact) mass is 251 g/mol. The van der Waals surface area contributed by atoms with Gasteiger partial charge in [0.05, 0.1) is 0 Å². The molecule has 2 unspecified atom stereocenters. The molecule has 1 amide bonds. The summed E-state index contributed by atoms with van der Waals surface area (Å²) in [4.78, 5) is 14.7. The molecule has 1 heterocycles. The molecule has 2 atom stereocenters. The Morgan fingerprint density at radius 1 is 1.11 bits per heavy atom. The van der Waals surface area contributed by atoms with Crippen molar-refractivity contribution in [3.63, 3.8) is 0 Å². The van der Waals surface area contributed by atoms with Crippen molar-refractivity contribution in [3.8, 4) is 0 Å². The molecule has 1 aliphatic heterocycles. The van der Waals surface area contributed by atoms with Gasteiger partial charge in [-0.3, -0.25) is 4.79 Å². The molecule has 2 heteroatoms. The largest absolute Gasteiger partial charge is 0.342 e. The Labute approximate surface area is 112 Å². The number of nitrogens with zero attached hydrogens (tertiary/aromatic N) is 1. The molecule has 0 aromatic carbocycles. The molecule has 18 heavy (non-hydrogen) atoms. The second-order valence-electron chi connectivity index (χ2n) is 6.88. The van der Waals surface area contributed by atoms with E-state index in [-0.39, 0.29) is 0 Å². The van der Waals surface area contributed by atoms with Crippen LogP contribution in [0.25, 0.3) is 0 Å². The van der Waals surface area contributed by atoms with Crippen LogP contribution < -0.4 is 0 Å². The molecular formula is C16H29NO. The van der Waals surface area contributed by atoms with Gasteiger partial charge >= 0.3 is 0 Å². The molecule has 2 fully saturated rings. The van der Waals surface area contributed by atoms with Crippen molar-refractivity contribution in [2.45, 2.75) is 59.3 Å². The second kappa shape index (κ2) is 6.08. The van der Waals surface area contributed by atoms with E-state index in [1.807, 2.05) is 0 Å². The lowest BCUT2D eigenvalue weighted by Crippen LogP contribution is -2.43. The van der Waals surface area contributed by atoms with Crippen LogP contribution in [-0.4, -0.2) is 23.9 Å². The Kier molecular flexibility index (Phi) is 4.69. The lowest BCUT2D eigenvalue weighted by Gasteiger charge is -2.37. The maximum absolute atomic E-state index is 12.5. The summed E-state index contributed by atoms with van der Waals surface area (Å²) in [6, 6.07) is 0. The quantitative estimate of drug-likeness (QED) is 0.732. The molecule has 0 aromatic heterocycles. The van der Waals surface area contributed by atoms with Crippen LogP contribution in [0.2, 0.25) is 0 Å². The highest BCUT2D eigenvalue weighted by atomic mass is 16.2. The minimum Gasteiger partial charge on any atom is -0.342 e. The maximum Gasteiger partial charge on any atom is 0.225 e. The van der Waals surface area contributed by atoms with Crippen LogP contribution in [0.15, 0.2) is 0 Å². The summed E-state index contributed by atoms with van der Waals surface area (Å²) in [5, 5.41) is 0. The topological polar surface area (TPSA) is 20.3 Å². The van der Waals surface area contributed by atoms with Gasteiger partial charge in [0.25, 0.3) is 0 Å². The molecule has 104 valence electrons. The molecule has 0 bridgehead atoms. The molecule has 1 saturated carbocycles. The summed E-state index contributed by atoms with van der Waals surface area (Å²) in [5.74, 6) is 3.16. The standard InChI is InChI=1S/C16H29NO/c1-12(2)14-7-9-17(10-8-14)16(18)15-6-4-5-13(3)11-15/h12-15H,4-11H2,1-3H3. The fourth-order valence-electron chi connectivity index (χ4n) is 3.70. The number of carbonyl (C=O) groups is 1. The van der Waals surface area contributed by atoms with Crippen molar-refractivity contribution < 1.29 is 4.79 Å². The number of amides is 1. The van der Waals surface area contributed by atoms with E-state index in [4.69, 9.17) is 0 Å². The number of carbonyl (C=O) groups excluding carboxylic acids is 1. The normalized spacial score (nSPS) is 30.8. The molecule has 0 N–H and O–H groups in total. The van der Waals surface area contributed by atoms with Crippen molar-refractivity contribution in [1.29, 1.82) is 0 Å². The molecule has 1 aliphatic carbocycles. The third-order valence-corrected chi connectivity index (χ3v) is 5.08. The molecule has 0 radical (unpaired) electrons. The summed E-state index contributed by atoms with van der Waals surface area (Å²) < 4.78 is 0. The zero-order chi connectivity index (χ0) is 13.1. The molecular weight excluding hydrogens is 222 g/mol. The molecule has 2 rings (SSSR count). The van der Waals surface area contributed by atoms with Crippen LogP contribution in [0.5, 0.6) is 0 Å². The van der Waals surface area contributed by atoms with E-state index in [9.17, 15) is 4.79 Å². The fourth-order valence-corrected chi connectivity index (χ4v) is 3.70. The third kappa shape index (κ3) is 3.27. The van der Waals surface area contributed by atoms with E-state index in [0.29, 0.717) is 11.8 Å². The van der Waals surface area contributed by atoms with Crippen molar-refractivity contribution in [2.75, 3.05) is 13.1 Å². The molecule has 2 nitrogen and oxygen atoms in total.